The summed E-state index contributed by atoms with van der Waals surface area (Å²) < 4.78 is 14.5. The summed E-state index contributed by atoms with van der Waals surface area (Å²) in [4.78, 5) is 26.3. The first-order valence-corrected chi connectivity index (χ1v) is 8.90. The van der Waals surface area contributed by atoms with Gasteiger partial charge in [-0.2, -0.15) is 5.10 Å². The molecule has 7 nitrogen and oxygen atoms in total. The van der Waals surface area contributed by atoms with Crippen molar-refractivity contribution in [2.24, 2.45) is 5.92 Å². The zero-order valence-corrected chi connectivity index (χ0v) is 14.7. The van der Waals surface area contributed by atoms with Crippen LogP contribution < -0.4 is 10.5 Å². The number of aromatic nitrogens is 5. The first-order chi connectivity index (χ1) is 13.2. The maximum atomic E-state index is 13.0. The number of halogens is 1. The Morgan fingerprint density at radius 1 is 1.04 bits per heavy atom. The van der Waals surface area contributed by atoms with Crippen molar-refractivity contribution in [3.05, 3.63) is 65.2 Å². The lowest BCUT2D eigenvalue weighted by atomic mass is 9.97. The number of piperidine rings is 1. The lowest BCUT2D eigenvalue weighted by molar-refractivity contribution is 0.334. The van der Waals surface area contributed by atoms with Crippen LogP contribution in [0.25, 0.3) is 11.3 Å². The van der Waals surface area contributed by atoms with Gasteiger partial charge in [0.2, 0.25) is 5.95 Å². The highest BCUT2D eigenvalue weighted by molar-refractivity contribution is 5.56. The normalized spacial score (nSPS) is 15.1. The van der Waals surface area contributed by atoms with Gasteiger partial charge in [-0.25, -0.2) is 19.0 Å². The minimum atomic E-state index is -0.437. The van der Waals surface area contributed by atoms with Crippen LogP contribution in [0.3, 0.4) is 0 Å². The number of anilines is 1. The van der Waals surface area contributed by atoms with Crippen LogP contribution in [0.5, 0.6) is 0 Å². The zero-order chi connectivity index (χ0) is 18.6. The number of hydrogen-bond acceptors (Lipinski definition) is 6. The lowest BCUT2D eigenvalue weighted by Crippen LogP contribution is -2.37. The van der Waals surface area contributed by atoms with Gasteiger partial charge in [0.15, 0.2) is 5.82 Å². The van der Waals surface area contributed by atoms with Crippen molar-refractivity contribution in [2.75, 3.05) is 18.0 Å². The van der Waals surface area contributed by atoms with Crippen LogP contribution in [-0.4, -0.2) is 37.8 Å². The summed E-state index contributed by atoms with van der Waals surface area (Å²) in [5.41, 5.74) is 1.59. The molecule has 0 atom stereocenters. The minimum absolute atomic E-state index is 0.0999. The molecule has 1 saturated heterocycles. The highest BCUT2D eigenvalue weighted by Crippen LogP contribution is 2.22. The SMILES string of the molecule is O=c1ccc(-c2ccncc2)nn1CC1CCN(c2ncc(F)cn2)CC1. The molecule has 0 aliphatic carbocycles. The van der Waals surface area contributed by atoms with E-state index in [-0.39, 0.29) is 5.56 Å². The molecule has 0 bridgehead atoms. The van der Waals surface area contributed by atoms with Gasteiger partial charge in [0.1, 0.15) is 0 Å². The second-order valence-electron chi connectivity index (χ2n) is 6.61. The van der Waals surface area contributed by atoms with Crippen LogP contribution in [0.2, 0.25) is 0 Å². The van der Waals surface area contributed by atoms with Gasteiger partial charge >= 0.3 is 0 Å². The van der Waals surface area contributed by atoms with E-state index in [1.807, 2.05) is 17.0 Å². The van der Waals surface area contributed by atoms with E-state index >= 15 is 0 Å². The Bertz CT molecular complexity index is 952. The summed E-state index contributed by atoms with van der Waals surface area (Å²) in [6, 6.07) is 7.05. The molecular formula is C19H19FN6O. The van der Waals surface area contributed by atoms with E-state index in [9.17, 15) is 9.18 Å². The van der Waals surface area contributed by atoms with Gasteiger partial charge in [0.05, 0.1) is 18.1 Å². The zero-order valence-electron chi connectivity index (χ0n) is 14.7. The third kappa shape index (κ3) is 3.99. The molecule has 138 valence electrons. The first kappa shape index (κ1) is 17.3. The molecule has 0 radical (unpaired) electrons. The number of rotatable bonds is 4. The highest BCUT2D eigenvalue weighted by atomic mass is 19.1. The summed E-state index contributed by atoms with van der Waals surface area (Å²) in [5, 5.41) is 4.52. The molecule has 0 unspecified atom stereocenters. The Labute approximate surface area is 155 Å². The smallest absolute Gasteiger partial charge is 0.266 e. The molecule has 3 aromatic rings. The van der Waals surface area contributed by atoms with E-state index < -0.39 is 5.82 Å². The van der Waals surface area contributed by atoms with Crippen LogP contribution in [0.15, 0.2) is 53.8 Å². The fourth-order valence-electron chi connectivity index (χ4n) is 3.29. The van der Waals surface area contributed by atoms with Crippen molar-refractivity contribution >= 4 is 5.95 Å². The maximum absolute atomic E-state index is 13.0. The molecule has 0 N–H and O–H groups in total. The molecule has 3 aromatic heterocycles. The fraction of sp³-hybridized carbons (Fsp3) is 0.316. The van der Waals surface area contributed by atoms with Gasteiger partial charge in [-0.1, -0.05) is 0 Å². The number of nitrogens with zero attached hydrogens (tertiary/aromatic N) is 6. The molecule has 0 saturated carbocycles. The molecular weight excluding hydrogens is 347 g/mol. The molecule has 1 aliphatic rings. The van der Waals surface area contributed by atoms with Crippen molar-refractivity contribution in [1.29, 1.82) is 0 Å². The molecule has 0 aromatic carbocycles. The quantitative estimate of drug-likeness (QED) is 0.704. The van der Waals surface area contributed by atoms with Gasteiger partial charge in [-0.05, 0) is 37.0 Å². The van der Waals surface area contributed by atoms with E-state index in [1.165, 1.54) is 12.4 Å². The van der Waals surface area contributed by atoms with Crippen molar-refractivity contribution in [1.82, 2.24) is 24.7 Å². The van der Waals surface area contributed by atoms with Gasteiger partial charge < -0.3 is 4.90 Å². The largest absolute Gasteiger partial charge is 0.341 e. The predicted molar refractivity (Wildman–Crippen MR) is 98.7 cm³/mol. The van der Waals surface area contributed by atoms with Gasteiger partial charge in [-0.15, -0.1) is 0 Å². The summed E-state index contributed by atoms with van der Waals surface area (Å²) >= 11 is 0. The van der Waals surface area contributed by atoms with E-state index in [0.29, 0.717) is 18.4 Å². The average Bonchev–Trinajstić information content (AvgIpc) is 2.71. The molecule has 4 heterocycles. The lowest BCUT2D eigenvalue weighted by Gasteiger charge is -2.31. The number of hydrogen-bond donors (Lipinski definition) is 0. The third-order valence-electron chi connectivity index (χ3n) is 4.78. The molecule has 0 amide bonds. The molecule has 8 heteroatoms. The highest BCUT2D eigenvalue weighted by Gasteiger charge is 2.22. The Morgan fingerprint density at radius 2 is 1.74 bits per heavy atom. The van der Waals surface area contributed by atoms with Gasteiger partial charge in [0, 0.05) is 43.7 Å². The van der Waals surface area contributed by atoms with Crippen LogP contribution >= 0.6 is 0 Å². The van der Waals surface area contributed by atoms with Gasteiger partial charge in [-0.3, -0.25) is 9.78 Å². The number of pyridine rings is 1. The Balaban J connectivity index is 1.43. The Kier molecular flexibility index (Phi) is 4.86. The molecule has 4 rings (SSSR count). The summed E-state index contributed by atoms with van der Waals surface area (Å²) in [5.74, 6) is 0.456. The Hall–Kier alpha value is -3.16. The standard InChI is InChI=1S/C19H19FN6O/c20-16-11-22-19(23-12-16)25-9-5-14(6-10-25)13-26-18(27)2-1-17(24-26)15-3-7-21-8-4-15/h1-4,7-8,11-12,14H,5-6,9-10,13H2. The Morgan fingerprint density at radius 3 is 2.44 bits per heavy atom. The molecule has 1 aliphatic heterocycles. The molecule has 1 fully saturated rings. The summed E-state index contributed by atoms with van der Waals surface area (Å²) in [6.45, 7) is 2.13. The van der Waals surface area contributed by atoms with Crippen molar-refractivity contribution < 1.29 is 4.39 Å². The van der Waals surface area contributed by atoms with E-state index in [2.05, 4.69) is 20.1 Å². The van der Waals surface area contributed by atoms with Crippen molar-refractivity contribution in [3.63, 3.8) is 0 Å². The maximum Gasteiger partial charge on any atom is 0.266 e. The minimum Gasteiger partial charge on any atom is -0.341 e. The molecule has 27 heavy (non-hydrogen) atoms. The summed E-state index contributed by atoms with van der Waals surface area (Å²) in [7, 11) is 0. The third-order valence-corrected chi connectivity index (χ3v) is 4.78. The van der Waals surface area contributed by atoms with Crippen LogP contribution in [-0.2, 0) is 6.54 Å². The monoisotopic (exact) mass is 366 g/mol. The predicted octanol–water partition coefficient (Wildman–Crippen LogP) is 2.15. The molecule has 0 spiro atoms. The second-order valence-corrected chi connectivity index (χ2v) is 6.61. The van der Waals surface area contributed by atoms with E-state index in [0.717, 1.165) is 37.2 Å². The topological polar surface area (TPSA) is 76.8 Å². The van der Waals surface area contributed by atoms with E-state index in [4.69, 9.17) is 0 Å². The van der Waals surface area contributed by atoms with Crippen molar-refractivity contribution in [2.45, 2.75) is 19.4 Å². The summed E-state index contributed by atoms with van der Waals surface area (Å²) in [6.07, 6.45) is 7.58. The second kappa shape index (κ2) is 7.61. The van der Waals surface area contributed by atoms with Crippen LogP contribution in [0.4, 0.5) is 10.3 Å². The fourth-order valence-corrected chi connectivity index (χ4v) is 3.29. The average molecular weight is 366 g/mol. The first-order valence-electron chi connectivity index (χ1n) is 8.90. The van der Waals surface area contributed by atoms with Gasteiger partial charge in [0.25, 0.3) is 5.56 Å². The van der Waals surface area contributed by atoms with Crippen LogP contribution in [0.1, 0.15) is 12.8 Å². The van der Waals surface area contributed by atoms with E-state index in [1.54, 1.807) is 29.2 Å². The van der Waals surface area contributed by atoms with Crippen molar-refractivity contribution in [3.8, 4) is 11.3 Å². The van der Waals surface area contributed by atoms with Crippen LogP contribution in [0, 0.1) is 11.7 Å².